The van der Waals surface area contributed by atoms with E-state index in [4.69, 9.17) is 4.74 Å². The van der Waals surface area contributed by atoms with Gasteiger partial charge in [-0.2, -0.15) is 0 Å². The van der Waals surface area contributed by atoms with Gasteiger partial charge < -0.3 is 4.74 Å². The molecule has 158 valence electrons. The molecule has 8 atom stereocenters. The third-order valence-electron chi connectivity index (χ3n) is 9.90. The lowest BCUT2D eigenvalue weighted by molar-refractivity contribution is -0.148. The van der Waals surface area contributed by atoms with Gasteiger partial charge in [-0.1, -0.05) is 52.2 Å². The monoisotopic (exact) mass is 386 g/mol. The van der Waals surface area contributed by atoms with Crippen molar-refractivity contribution < 1.29 is 9.53 Å². The van der Waals surface area contributed by atoms with Crippen molar-refractivity contribution in [2.75, 3.05) is 0 Å². The molecule has 4 rings (SSSR count). The lowest BCUT2D eigenvalue weighted by atomic mass is 9.47. The molecule has 0 saturated heterocycles. The Hall–Kier alpha value is -0.790. The summed E-state index contributed by atoms with van der Waals surface area (Å²) in [6, 6.07) is 0. The van der Waals surface area contributed by atoms with E-state index >= 15 is 0 Å². The van der Waals surface area contributed by atoms with Gasteiger partial charge in [-0.15, -0.1) is 0 Å². The van der Waals surface area contributed by atoms with E-state index in [0.717, 1.165) is 42.4 Å². The van der Waals surface area contributed by atoms with Crippen molar-refractivity contribution in [3.05, 3.63) is 11.6 Å². The number of esters is 1. The Labute approximate surface area is 172 Å². The minimum atomic E-state index is -0.116. The second kappa shape index (κ2) is 7.47. The first-order valence-corrected chi connectivity index (χ1v) is 12.2. The third kappa shape index (κ3) is 3.18. The standard InChI is InChI=1S/C26H42O2/c1-6-7-17(2)22-10-11-23-21-9-8-19-16-20(28-18(3)27)12-14-25(19,4)24(21)13-15-26(22,23)5/h8,17,20-24H,6-7,9-16H2,1-5H3/t17-,20-,21+,22-,23-,24+,25-,26+/m0/s1. The van der Waals surface area contributed by atoms with Crippen molar-refractivity contribution in [3.8, 4) is 0 Å². The maximum atomic E-state index is 11.4. The summed E-state index contributed by atoms with van der Waals surface area (Å²) in [4.78, 5) is 11.4. The zero-order valence-electron chi connectivity index (χ0n) is 18.9. The van der Waals surface area contributed by atoms with Crippen LogP contribution in [0.5, 0.6) is 0 Å². The SMILES string of the molecule is CCC[C@H](C)[C@@H]1CC[C@H]2[C@H]3CC=C4C[C@@H](OC(C)=O)CC[C@]4(C)[C@@H]3CC[C@@]21C. The highest BCUT2D eigenvalue weighted by Gasteiger charge is 2.59. The molecule has 0 unspecified atom stereocenters. The summed E-state index contributed by atoms with van der Waals surface area (Å²) in [6.07, 6.45) is 15.7. The summed E-state index contributed by atoms with van der Waals surface area (Å²) in [5.74, 6) is 4.38. The average molecular weight is 387 g/mol. The Balaban J connectivity index is 1.54. The Morgan fingerprint density at radius 1 is 1.18 bits per heavy atom. The van der Waals surface area contributed by atoms with E-state index < -0.39 is 0 Å². The first kappa shape index (κ1) is 20.5. The molecule has 0 amide bonds. The number of carbonyl (C=O) groups is 1. The van der Waals surface area contributed by atoms with E-state index in [2.05, 4.69) is 33.8 Å². The topological polar surface area (TPSA) is 26.3 Å². The fraction of sp³-hybridized carbons (Fsp3) is 0.885. The summed E-state index contributed by atoms with van der Waals surface area (Å²) < 4.78 is 5.59. The molecule has 4 aliphatic rings. The van der Waals surface area contributed by atoms with Gasteiger partial charge in [0.1, 0.15) is 6.10 Å². The molecule has 2 heteroatoms. The Morgan fingerprint density at radius 2 is 1.96 bits per heavy atom. The van der Waals surface area contributed by atoms with Gasteiger partial charge in [-0.05, 0) is 85.4 Å². The molecule has 4 aliphatic carbocycles. The smallest absolute Gasteiger partial charge is 0.302 e. The van der Waals surface area contributed by atoms with Crippen molar-refractivity contribution in [2.24, 2.45) is 40.4 Å². The van der Waals surface area contributed by atoms with Crippen LogP contribution in [0.2, 0.25) is 0 Å². The number of hydrogen-bond donors (Lipinski definition) is 0. The van der Waals surface area contributed by atoms with Gasteiger partial charge in [0.15, 0.2) is 0 Å². The van der Waals surface area contributed by atoms with Gasteiger partial charge in [0.05, 0.1) is 0 Å². The molecule has 28 heavy (non-hydrogen) atoms. The fourth-order valence-corrected chi connectivity index (χ4v) is 8.59. The molecule has 3 fully saturated rings. The molecule has 2 nitrogen and oxygen atoms in total. The maximum absolute atomic E-state index is 11.4. The zero-order chi connectivity index (χ0) is 20.1. The second-order valence-electron chi connectivity index (χ2n) is 11.2. The van der Waals surface area contributed by atoms with Crippen LogP contribution in [0.3, 0.4) is 0 Å². The van der Waals surface area contributed by atoms with Crippen LogP contribution in [-0.4, -0.2) is 12.1 Å². The van der Waals surface area contributed by atoms with Crippen LogP contribution >= 0.6 is 0 Å². The number of hydrogen-bond acceptors (Lipinski definition) is 2. The van der Waals surface area contributed by atoms with Crippen LogP contribution in [0.4, 0.5) is 0 Å². The highest BCUT2D eigenvalue weighted by atomic mass is 16.5. The van der Waals surface area contributed by atoms with Crippen LogP contribution in [0.15, 0.2) is 11.6 Å². The van der Waals surface area contributed by atoms with Gasteiger partial charge in [-0.25, -0.2) is 0 Å². The number of carbonyl (C=O) groups excluding carboxylic acids is 1. The Morgan fingerprint density at radius 3 is 2.68 bits per heavy atom. The Kier molecular flexibility index (Phi) is 5.47. The summed E-state index contributed by atoms with van der Waals surface area (Å²) in [5, 5.41) is 0. The number of fused-ring (bicyclic) bond motifs is 5. The molecule has 0 N–H and O–H groups in total. The van der Waals surface area contributed by atoms with Crippen molar-refractivity contribution in [3.63, 3.8) is 0 Å². The van der Waals surface area contributed by atoms with E-state index in [-0.39, 0.29) is 12.1 Å². The first-order chi connectivity index (χ1) is 13.3. The molecule has 0 aromatic rings. The first-order valence-electron chi connectivity index (χ1n) is 12.2. The summed E-state index contributed by atoms with van der Waals surface area (Å²) in [7, 11) is 0. The van der Waals surface area contributed by atoms with Crippen LogP contribution in [0, 0.1) is 40.4 Å². The van der Waals surface area contributed by atoms with Crippen LogP contribution < -0.4 is 0 Å². The number of ether oxygens (including phenoxy) is 1. The van der Waals surface area contributed by atoms with Gasteiger partial charge >= 0.3 is 5.97 Å². The predicted molar refractivity (Wildman–Crippen MR) is 115 cm³/mol. The Bertz CT molecular complexity index is 636. The normalized spacial score (nSPS) is 46.0. The molecule has 0 spiro atoms. The molecular weight excluding hydrogens is 344 g/mol. The summed E-state index contributed by atoms with van der Waals surface area (Å²) >= 11 is 0. The molecule has 0 aliphatic heterocycles. The minimum Gasteiger partial charge on any atom is -0.462 e. The van der Waals surface area contributed by atoms with E-state index in [9.17, 15) is 4.79 Å². The summed E-state index contributed by atoms with van der Waals surface area (Å²) in [5.41, 5.74) is 2.55. The van der Waals surface area contributed by atoms with Crippen LogP contribution in [-0.2, 0) is 9.53 Å². The largest absolute Gasteiger partial charge is 0.462 e. The van der Waals surface area contributed by atoms with Crippen LogP contribution in [0.25, 0.3) is 0 Å². The molecule has 0 bridgehead atoms. The molecule has 0 aromatic heterocycles. The van der Waals surface area contributed by atoms with E-state index in [1.165, 1.54) is 51.4 Å². The second-order valence-corrected chi connectivity index (χ2v) is 11.2. The highest BCUT2D eigenvalue weighted by molar-refractivity contribution is 5.66. The van der Waals surface area contributed by atoms with Crippen molar-refractivity contribution in [1.29, 1.82) is 0 Å². The predicted octanol–water partition coefficient (Wildman–Crippen LogP) is 6.93. The fourth-order valence-electron chi connectivity index (χ4n) is 8.59. The lowest BCUT2D eigenvalue weighted by Gasteiger charge is -2.58. The lowest BCUT2D eigenvalue weighted by Crippen LogP contribution is -2.51. The molecule has 0 aromatic carbocycles. The molecule has 3 saturated carbocycles. The quantitative estimate of drug-likeness (QED) is 0.386. The van der Waals surface area contributed by atoms with Gasteiger partial charge in [0, 0.05) is 13.3 Å². The highest BCUT2D eigenvalue weighted by Crippen LogP contribution is 2.67. The van der Waals surface area contributed by atoms with Crippen molar-refractivity contribution in [2.45, 2.75) is 105 Å². The van der Waals surface area contributed by atoms with E-state index in [1.54, 1.807) is 12.5 Å². The van der Waals surface area contributed by atoms with Gasteiger partial charge in [-0.3, -0.25) is 4.79 Å². The average Bonchev–Trinajstić information content (AvgIpc) is 2.99. The van der Waals surface area contributed by atoms with Gasteiger partial charge in [0.25, 0.3) is 0 Å². The van der Waals surface area contributed by atoms with E-state index in [1.807, 2.05) is 0 Å². The maximum Gasteiger partial charge on any atom is 0.302 e. The van der Waals surface area contributed by atoms with Crippen LogP contribution in [0.1, 0.15) is 98.8 Å². The molecule has 0 radical (unpaired) electrons. The van der Waals surface area contributed by atoms with Gasteiger partial charge in [0.2, 0.25) is 0 Å². The number of allylic oxidation sites excluding steroid dienone is 1. The zero-order valence-corrected chi connectivity index (χ0v) is 18.9. The van der Waals surface area contributed by atoms with E-state index in [0.29, 0.717) is 10.8 Å². The van der Waals surface area contributed by atoms with Crippen molar-refractivity contribution in [1.82, 2.24) is 0 Å². The molecular formula is C26H42O2. The number of rotatable bonds is 4. The molecule has 0 heterocycles. The minimum absolute atomic E-state index is 0.116. The van der Waals surface area contributed by atoms with Crippen molar-refractivity contribution >= 4 is 5.97 Å². The third-order valence-corrected chi connectivity index (χ3v) is 9.90. The summed E-state index contributed by atoms with van der Waals surface area (Å²) in [6.45, 7) is 11.6.